The van der Waals surface area contributed by atoms with Crippen molar-refractivity contribution in [1.82, 2.24) is 13.9 Å². The first-order valence-corrected chi connectivity index (χ1v) is 8.47. The number of nitrogens with zero attached hydrogens (tertiary/aromatic N) is 2. The molecular formula is C12H27N3O3S. The second-order valence-corrected chi connectivity index (χ2v) is 6.74. The zero-order chi connectivity index (χ0) is 14.3. The van der Waals surface area contributed by atoms with Crippen LogP contribution in [0.25, 0.3) is 0 Å². The van der Waals surface area contributed by atoms with E-state index in [0.717, 1.165) is 12.8 Å². The summed E-state index contributed by atoms with van der Waals surface area (Å²) < 4.78 is 33.9. The van der Waals surface area contributed by atoms with E-state index in [9.17, 15) is 8.42 Å². The van der Waals surface area contributed by atoms with E-state index in [1.165, 1.54) is 0 Å². The minimum Gasteiger partial charge on any atom is -0.374 e. The van der Waals surface area contributed by atoms with Gasteiger partial charge in [-0.2, -0.15) is 17.0 Å². The Bertz CT molecular complexity index is 340. The molecular weight excluding hydrogens is 266 g/mol. The second kappa shape index (κ2) is 8.16. The van der Waals surface area contributed by atoms with Crippen LogP contribution in [0, 0.1) is 0 Å². The van der Waals surface area contributed by atoms with Crippen LogP contribution in [0.1, 0.15) is 26.7 Å². The van der Waals surface area contributed by atoms with Gasteiger partial charge in [-0.1, -0.05) is 13.8 Å². The summed E-state index contributed by atoms with van der Waals surface area (Å²) in [5.41, 5.74) is 0. The highest BCUT2D eigenvalue weighted by Gasteiger charge is 2.33. The average Bonchev–Trinajstić information content (AvgIpc) is 2.39. The fourth-order valence-electron chi connectivity index (χ4n) is 2.26. The molecule has 0 spiro atoms. The number of rotatable bonds is 8. The minimum absolute atomic E-state index is 0.0568. The Morgan fingerprint density at radius 3 is 2.47 bits per heavy atom. The topological polar surface area (TPSA) is 61.9 Å². The van der Waals surface area contributed by atoms with Crippen molar-refractivity contribution in [3.8, 4) is 0 Å². The highest BCUT2D eigenvalue weighted by molar-refractivity contribution is 7.86. The number of morpholine rings is 1. The molecule has 1 heterocycles. The third-order valence-corrected chi connectivity index (χ3v) is 5.13. The summed E-state index contributed by atoms with van der Waals surface area (Å²) in [7, 11) is -1.50. The summed E-state index contributed by atoms with van der Waals surface area (Å²) in [4.78, 5) is 0. The third-order valence-electron chi connectivity index (χ3n) is 3.13. The van der Waals surface area contributed by atoms with Crippen molar-refractivity contribution in [2.75, 3.05) is 46.4 Å². The first kappa shape index (κ1) is 16.8. The van der Waals surface area contributed by atoms with Gasteiger partial charge in [-0.3, -0.25) is 0 Å². The van der Waals surface area contributed by atoms with Gasteiger partial charge in [0.2, 0.25) is 0 Å². The Kier molecular flexibility index (Phi) is 7.23. The van der Waals surface area contributed by atoms with Gasteiger partial charge in [-0.05, 0) is 19.9 Å². The lowest BCUT2D eigenvalue weighted by Gasteiger charge is -2.35. The van der Waals surface area contributed by atoms with Crippen LogP contribution in [0.15, 0.2) is 0 Å². The van der Waals surface area contributed by atoms with Crippen molar-refractivity contribution in [3.05, 3.63) is 0 Å². The molecule has 6 nitrogen and oxygen atoms in total. The number of nitrogens with one attached hydrogen (secondary N) is 1. The standard InChI is InChI=1S/C12H27N3O3S/c1-4-6-14(7-5-2)19(16,17)15-8-9-18-12(11-15)10-13-3/h12-13H,4-11H2,1-3H3. The molecule has 1 rings (SSSR count). The van der Waals surface area contributed by atoms with Crippen molar-refractivity contribution in [2.45, 2.75) is 32.8 Å². The summed E-state index contributed by atoms with van der Waals surface area (Å²) in [6.45, 7) is 7.21. The highest BCUT2D eigenvalue weighted by Crippen LogP contribution is 2.14. The predicted octanol–water partition coefficient (Wildman–Crippen LogP) is 0.273. The summed E-state index contributed by atoms with van der Waals surface area (Å²) in [5, 5.41) is 3.03. The molecule has 7 heteroatoms. The molecule has 0 bridgehead atoms. The molecule has 0 amide bonds. The van der Waals surface area contributed by atoms with Gasteiger partial charge >= 0.3 is 0 Å². The number of ether oxygens (including phenoxy) is 1. The molecule has 114 valence electrons. The van der Waals surface area contributed by atoms with Gasteiger partial charge in [-0.15, -0.1) is 0 Å². The Balaban J connectivity index is 2.73. The smallest absolute Gasteiger partial charge is 0.282 e. The van der Waals surface area contributed by atoms with Crippen LogP contribution in [-0.4, -0.2) is 69.5 Å². The van der Waals surface area contributed by atoms with E-state index in [-0.39, 0.29) is 6.10 Å². The van der Waals surface area contributed by atoms with Gasteiger partial charge in [0, 0.05) is 32.7 Å². The van der Waals surface area contributed by atoms with E-state index in [1.807, 2.05) is 20.9 Å². The van der Waals surface area contributed by atoms with Crippen molar-refractivity contribution < 1.29 is 13.2 Å². The first-order valence-electron chi connectivity index (χ1n) is 7.07. The van der Waals surface area contributed by atoms with E-state index in [1.54, 1.807) is 8.61 Å². The van der Waals surface area contributed by atoms with Gasteiger partial charge in [0.25, 0.3) is 10.2 Å². The van der Waals surface area contributed by atoms with Gasteiger partial charge < -0.3 is 10.1 Å². The molecule has 19 heavy (non-hydrogen) atoms. The Morgan fingerprint density at radius 1 is 1.32 bits per heavy atom. The molecule has 1 aliphatic heterocycles. The Hall–Kier alpha value is -0.210. The van der Waals surface area contributed by atoms with Crippen LogP contribution in [-0.2, 0) is 14.9 Å². The summed E-state index contributed by atoms with van der Waals surface area (Å²) in [6.07, 6.45) is 1.62. The number of hydrogen-bond acceptors (Lipinski definition) is 4. The fraction of sp³-hybridized carbons (Fsp3) is 1.00. The zero-order valence-electron chi connectivity index (χ0n) is 12.3. The second-order valence-electron chi connectivity index (χ2n) is 4.82. The van der Waals surface area contributed by atoms with Gasteiger partial charge in [0.15, 0.2) is 0 Å². The summed E-state index contributed by atoms with van der Waals surface area (Å²) >= 11 is 0. The average molecular weight is 293 g/mol. The van der Waals surface area contributed by atoms with E-state index >= 15 is 0 Å². The quantitative estimate of drug-likeness (QED) is 0.698. The van der Waals surface area contributed by atoms with Crippen molar-refractivity contribution in [2.24, 2.45) is 0 Å². The maximum absolute atomic E-state index is 12.6. The molecule has 1 atom stereocenters. The van der Waals surface area contributed by atoms with Crippen molar-refractivity contribution in [1.29, 1.82) is 0 Å². The minimum atomic E-state index is -3.34. The molecule has 0 radical (unpaired) electrons. The van der Waals surface area contributed by atoms with E-state index in [4.69, 9.17) is 4.74 Å². The van der Waals surface area contributed by atoms with Crippen molar-refractivity contribution >= 4 is 10.2 Å². The molecule has 0 aromatic carbocycles. The maximum Gasteiger partial charge on any atom is 0.282 e. The molecule has 0 aliphatic carbocycles. The lowest BCUT2D eigenvalue weighted by molar-refractivity contribution is -0.000938. The fourth-order valence-corrected chi connectivity index (χ4v) is 4.07. The van der Waals surface area contributed by atoms with Gasteiger partial charge in [0.05, 0.1) is 12.7 Å². The van der Waals surface area contributed by atoms with Gasteiger partial charge in [0.1, 0.15) is 0 Å². The predicted molar refractivity (Wildman–Crippen MR) is 76.3 cm³/mol. The normalized spacial score (nSPS) is 22.0. The molecule has 0 aromatic rings. The molecule has 0 saturated carbocycles. The molecule has 1 aliphatic rings. The Morgan fingerprint density at radius 2 is 1.95 bits per heavy atom. The van der Waals surface area contributed by atoms with E-state index in [0.29, 0.717) is 39.3 Å². The maximum atomic E-state index is 12.6. The Labute approximate surface area is 117 Å². The lowest BCUT2D eigenvalue weighted by atomic mass is 10.3. The monoisotopic (exact) mass is 293 g/mol. The van der Waals surface area contributed by atoms with Crippen LogP contribution >= 0.6 is 0 Å². The van der Waals surface area contributed by atoms with Crippen LogP contribution in [0.3, 0.4) is 0 Å². The molecule has 1 N–H and O–H groups in total. The largest absolute Gasteiger partial charge is 0.374 e. The van der Waals surface area contributed by atoms with E-state index < -0.39 is 10.2 Å². The van der Waals surface area contributed by atoms with Gasteiger partial charge in [-0.25, -0.2) is 0 Å². The molecule has 1 unspecified atom stereocenters. The van der Waals surface area contributed by atoms with Crippen LogP contribution in [0.4, 0.5) is 0 Å². The number of likely N-dealkylation sites (N-methyl/N-ethyl adjacent to an activating group) is 1. The first-order chi connectivity index (χ1) is 9.06. The molecule has 1 fully saturated rings. The highest BCUT2D eigenvalue weighted by atomic mass is 32.2. The third kappa shape index (κ3) is 4.68. The summed E-state index contributed by atoms with van der Waals surface area (Å²) in [5.74, 6) is 0. The molecule has 1 saturated heterocycles. The summed E-state index contributed by atoms with van der Waals surface area (Å²) in [6, 6.07) is 0. The lowest BCUT2D eigenvalue weighted by Crippen LogP contribution is -2.53. The van der Waals surface area contributed by atoms with Crippen LogP contribution in [0.2, 0.25) is 0 Å². The van der Waals surface area contributed by atoms with E-state index in [2.05, 4.69) is 5.32 Å². The zero-order valence-corrected chi connectivity index (χ0v) is 13.1. The SMILES string of the molecule is CCCN(CCC)S(=O)(=O)N1CCOC(CNC)C1. The van der Waals surface area contributed by atoms with Crippen molar-refractivity contribution in [3.63, 3.8) is 0 Å². The molecule has 0 aromatic heterocycles. The van der Waals surface area contributed by atoms with Crippen LogP contribution < -0.4 is 5.32 Å². The van der Waals surface area contributed by atoms with Crippen LogP contribution in [0.5, 0.6) is 0 Å². The number of hydrogen-bond donors (Lipinski definition) is 1.